The van der Waals surface area contributed by atoms with Crippen molar-refractivity contribution in [3.8, 4) is 11.3 Å². The van der Waals surface area contributed by atoms with Gasteiger partial charge in [0.2, 0.25) is 17.7 Å². The average Bonchev–Trinajstić information content (AvgIpc) is 3.03. The fourth-order valence-corrected chi connectivity index (χ4v) is 3.75. The number of aromatic nitrogens is 2. The van der Waals surface area contributed by atoms with Gasteiger partial charge in [0.25, 0.3) is 0 Å². The molecule has 1 atom stereocenters. The summed E-state index contributed by atoms with van der Waals surface area (Å²) in [5.41, 5.74) is 3.25. The number of amides is 3. The molecular weight excluding hydrogens is 418 g/mol. The zero-order chi connectivity index (χ0) is 22.1. The Morgan fingerprint density at radius 2 is 1.84 bits per heavy atom. The normalized spacial score (nSPS) is 15.1. The number of nitrogens with zero attached hydrogens (tertiary/aromatic N) is 2. The first-order chi connectivity index (χ1) is 14.8. The molecular formula is C22H20ClN5O3. The molecule has 0 aliphatic carbocycles. The maximum atomic E-state index is 13.1. The van der Waals surface area contributed by atoms with Crippen molar-refractivity contribution in [2.75, 3.05) is 16.0 Å². The van der Waals surface area contributed by atoms with Crippen LogP contribution in [0, 0.1) is 6.92 Å². The van der Waals surface area contributed by atoms with Gasteiger partial charge in [-0.05, 0) is 37.3 Å². The highest BCUT2D eigenvalue weighted by atomic mass is 35.5. The lowest BCUT2D eigenvalue weighted by molar-refractivity contribution is -0.125. The van der Waals surface area contributed by atoms with Gasteiger partial charge in [0, 0.05) is 34.4 Å². The summed E-state index contributed by atoms with van der Waals surface area (Å²) in [6.07, 6.45) is -0.0413. The molecule has 0 fully saturated rings. The van der Waals surface area contributed by atoms with E-state index in [0.717, 1.165) is 11.1 Å². The minimum Gasteiger partial charge on any atom is -0.326 e. The van der Waals surface area contributed by atoms with Crippen molar-refractivity contribution in [1.82, 2.24) is 9.78 Å². The Morgan fingerprint density at radius 1 is 1.13 bits per heavy atom. The van der Waals surface area contributed by atoms with Crippen LogP contribution in [0.2, 0.25) is 5.02 Å². The lowest BCUT2D eigenvalue weighted by Gasteiger charge is -2.24. The molecule has 9 heteroatoms. The summed E-state index contributed by atoms with van der Waals surface area (Å²) in [6, 6.07) is 13.2. The molecule has 4 rings (SSSR count). The van der Waals surface area contributed by atoms with Crippen LogP contribution >= 0.6 is 11.6 Å². The molecule has 1 unspecified atom stereocenters. The molecule has 8 nitrogen and oxygen atoms in total. The summed E-state index contributed by atoms with van der Waals surface area (Å²) in [4.78, 5) is 36.7. The number of anilines is 3. The van der Waals surface area contributed by atoms with Crippen LogP contribution in [0.5, 0.6) is 0 Å². The summed E-state index contributed by atoms with van der Waals surface area (Å²) in [6.45, 7) is 3.25. The van der Waals surface area contributed by atoms with Crippen LogP contribution in [0.25, 0.3) is 11.3 Å². The second kappa shape index (κ2) is 8.23. The van der Waals surface area contributed by atoms with Crippen LogP contribution in [0.4, 0.5) is 17.2 Å². The molecule has 0 spiro atoms. The van der Waals surface area contributed by atoms with E-state index in [1.807, 2.05) is 19.1 Å². The molecule has 0 saturated heterocycles. The summed E-state index contributed by atoms with van der Waals surface area (Å²) in [5.74, 6) is -0.368. The van der Waals surface area contributed by atoms with Crippen LogP contribution < -0.4 is 16.0 Å². The minimum absolute atomic E-state index is 0.0413. The molecule has 0 bridgehead atoms. The fraction of sp³-hybridized carbons (Fsp3) is 0.182. The number of halogens is 1. The Bertz CT molecular complexity index is 1200. The zero-order valence-electron chi connectivity index (χ0n) is 16.9. The number of hydrogen-bond donors (Lipinski definition) is 3. The number of fused-ring (bicyclic) bond motifs is 1. The topological polar surface area (TPSA) is 105 Å². The predicted molar refractivity (Wildman–Crippen MR) is 119 cm³/mol. The van der Waals surface area contributed by atoms with Crippen molar-refractivity contribution in [3.63, 3.8) is 0 Å². The van der Waals surface area contributed by atoms with Crippen LogP contribution in [-0.4, -0.2) is 27.5 Å². The first-order valence-electron chi connectivity index (χ1n) is 9.65. The molecule has 0 saturated carbocycles. The molecule has 3 amide bonds. The molecule has 0 radical (unpaired) electrons. The van der Waals surface area contributed by atoms with E-state index < -0.39 is 6.04 Å². The van der Waals surface area contributed by atoms with E-state index in [1.165, 1.54) is 6.92 Å². The number of rotatable bonds is 4. The number of nitrogens with one attached hydrogen (secondary N) is 3. The van der Waals surface area contributed by atoms with Gasteiger partial charge in [0.1, 0.15) is 11.9 Å². The van der Waals surface area contributed by atoms with Crippen molar-refractivity contribution in [1.29, 1.82) is 0 Å². The van der Waals surface area contributed by atoms with Gasteiger partial charge in [0.05, 0.1) is 12.1 Å². The Labute approximate surface area is 183 Å². The van der Waals surface area contributed by atoms with Crippen molar-refractivity contribution < 1.29 is 14.4 Å². The molecule has 2 heterocycles. The number of carbonyl (C=O) groups excluding carboxylic acids is 3. The van der Waals surface area contributed by atoms with E-state index in [2.05, 4.69) is 21.0 Å². The Morgan fingerprint density at radius 3 is 2.55 bits per heavy atom. The predicted octanol–water partition coefficient (Wildman–Crippen LogP) is 3.99. The second-order valence-electron chi connectivity index (χ2n) is 7.30. The fourth-order valence-electron chi connectivity index (χ4n) is 3.56. The van der Waals surface area contributed by atoms with E-state index in [9.17, 15) is 14.4 Å². The van der Waals surface area contributed by atoms with E-state index in [1.54, 1.807) is 41.1 Å². The molecule has 3 N–H and O–H groups in total. The molecule has 2 aromatic carbocycles. The molecule has 1 aromatic heterocycles. The highest BCUT2D eigenvalue weighted by molar-refractivity contribution is 6.30. The van der Waals surface area contributed by atoms with E-state index >= 15 is 0 Å². The van der Waals surface area contributed by atoms with Crippen molar-refractivity contribution in [2.24, 2.45) is 0 Å². The third-order valence-electron chi connectivity index (χ3n) is 4.93. The molecule has 1 aliphatic heterocycles. The van der Waals surface area contributed by atoms with Crippen molar-refractivity contribution >= 4 is 46.5 Å². The largest absolute Gasteiger partial charge is 0.326 e. The SMILES string of the molecule is CC(=O)Nc1cccc(NC(=O)C2CC(=O)Nc3c(C)c(-c4cccc(Cl)c4)nn32)c1. The van der Waals surface area contributed by atoms with Gasteiger partial charge in [-0.25, -0.2) is 4.68 Å². The Kier molecular flexibility index (Phi) is 5.48. The highest BCUT2D eigenvalue weighted by Gasteiger charge is 2.34. The van der Waals surface area contributed by atoms with Crippen molar-refractivity contribution in [3.05, 3.63) is 59.1 Å². The van der Waals surface area contributed by atoms with Gasteiger partial charge in [-0.15, -0.1) is 0 Å². The Hall–Kier alpha value is -3.65. The van der Waals surface area contributed by atoms with E-state index in [4.69, 9.17) is 11.6 Å². The highest BCUT2D eigenvalue weighted by Crippen LogP contribution is 2.35. The van der Waals surface area contributed by atoms with Gasteiger partial charge in [0.15, 0.2) is 0 Å². The molecule has 158 valence electrons. The summed E-state index contributed by atoms with van der Waals surface area (Å²) in [7, 11) is 0. The zero-order valence-corrected chi connectivity index (χ0v) is 17.7. The maximum absolute atomic E-state index is 13.1. The second-order valence-corrected chi connectivity index (χ2v) is 7.73. The number of hydrogen-bond acceptors (Lipinski definition) is 4. The lowest BCUT2D eigenvalue weighted by atomic mass is 10.1. The van der Waals surface area contributed by atoms with Gasteiger partial charge in [-0.3, -0.25) is 14.4 Å². The Balaban J connectivity index is 1.65. The van der Waals surface area contributed by atoms with E-state index in [0.29, 0.717) is 27.9 Å². The van der Waals surface area contributed by atoms with Crippen LogP contribution in [0.15, 0.2) is 48.5 Å². The van der Waals surface area contributed by atoms with Crippen LogP contribution in [-0.2, 0) is 14.4 Å². The minimum atomic E-state index is -0.820. The van der Waals surface area contributed by atoms with Crippen LogP contribution in [0.1, 0.15) is 24.9 Å². The van der Waals surface area contributed by atoms with E-state index in [-0.39, 0.29) is 24.1 Å². The first kappa shape index (κ1) is 20.6. The van der Waals surface area contributed by atoms with Crippen molar-refractivity contribution in [2.45, 2.75) is 26.3 Å². The van der Waals surface area contributed by atoms with Gasteiger partial charge in [-0.1, -0.05) is 29.8 Å². The summed E-state index contributed by atoms with van der Waals surface area (Å²) < 4.78 is 1.54. The smallest absolute Gasteiger partial charge is 0.249 e. The van der Waals surface area contributed by atoms with Crippen LogP contribution in [0.3, 0.4) is 0 Å². The molecule has 1 aliphatic rings. The maximum Gasteiger partial charge on any atom is 0.249 e. The molecule has 3 aromatic rings. The van der Waals surface area contributed by atoms with Gasteiger partial charge < -0.3 is 16.0 Å². The first-order valence-corrected chi connectivity index (χ1v) is 10.0. The summed E-state index contributed by atoms with van der Waals surface area (Å²) >= 11 is 6.12. The number of carbonyl (C=O) groups is 3. The standard InChI is InChI=1S/C22H20ClN5O3/c1-12-20(14-5-3-6-15(23)9-14)27-28-18(11-19(30)26-21(12)28)22(31)25-17-8-4-7-16(10-17)24-13(2)29/h3-10,18H,11H2,1-2H3,(H,24,29)(H,25,31)(H,26,30). The summed E-state index contributed by atoms with van der Waals surface area (Å²) in [5, 5.41) is 13.5. The van der Waals surface area contributed by atoms with Gasteiger partial charge in [-0.2, -0.15) is 5.10 Å². The average molecular weight is 438 g/mol. The van der Waals surface area contributed by atoms with Gasteiger partial charge >= 0.3 is 0 Å². The third kappa shape index (κ3) is 4.29. The monoisotopic (exact) mass is 437 g/mol. The number of benzene rings is 2. The quantitative estimate of drug-likeness (QED) is 0.573. The third-order valence-corrected chi connectivity index (χ3v) is 5.17. The molecule has 31 heavy (non-hydrogen) atoms. The lowest BCUT2D eigenvalue weighted by Crippen LogP contribution is -2.35.